The fraction of sp³-hybridized carbons (Fsp3) is 0.0769. The number of phenolic OH excluding ortho intramolecular Hbond substituents is 2. The average Bonchev–Trinajstić information content (AvgIpc) is 2.23. The van der Waals surface area contributed by atoms with E-state index in [1.54, 1.807) is 6.07 Å². The fourth-order valence-corrected chi connectivity index (χ4v) is 1.08. The van der Waals surface area contributed by atoms with Crippen LogP contribution >= 0.6 is 0 Å². The second-order valence-corrected chi connectivity index (χ2v) is 3.38. The largest absolute Gasteiger partial charge is 0.508 e. The predicted octanol–water partition coefficient (Wildman–Crippen LogP) is 2.68. The smallest absolute Gasteiger partial charge is 0.119 e. The molecule has 84 valence electrons. The molecule has 0 saturated carbocycles. The summed E-state index contributed by atoms with van der Waals surface area (Å²) in [5.74, 6) is 0.176. The second kappa shape index (κ2) is 5.66. The first-order valence-corrected chi connectivity index (χ1v) is 4.88. The minimum Gasteiger partial charge on any atom is -0.508 e. The summed E-state index contributed by atoms with van der Waals surface area (Å²) in [6.07, 6.45) is 0. The molecule has 0 heterocycles. The molecule has 0 aliphatic heterocycles. The molecule has 16 heavy (non-hydrogen) atoms. The van der Waals surface area contributed by atoms with E-state index in [1.807, 2.05) is 31.2 Å². The molecule has 0 unspecified atom stereocenters. The van der Waals surface area contributed by atoms with Crippen molar-refractivity contribution in [2.75, 3.05) is 5.73 Å². The number of benzene rings is 2. The van der Waals surface area contributed by atoms with Gasteiger partial charge in [-0.15, -0.1) is 0 Å². The summed E-state index contributed by atoms with van der Waals surface area (Å²) in [4.78, 5) is 0. The quantitative estimate of drug-likeness (QED) is 0.594. The molecule has 0 saturated heterocycles. The molecule has 2 aromatic carbocycles. The van der Waals surface area contributed by atoms with E-state index in [0.29, 0.717) is 0 Å². The van der Waals surface area contributed by atoms with Crippen molar-refractivity contribution in [1.29, 1.82) is 0 Å². The summed E-state index contributed by atoms with van der Waals surface area (Å²) in [6.45, 7) is 2.00. The van der Waals surface area contributed by atoms with Crippen molar-refractivity contribution in [3.63, 3.8) is 0 Å². The van der Waals surface area contributed by atoms with Gasteiger partial charge in [-0.05, 0) is 30.7 Å². The van der Waals surface area contributed by atoms with Crippen LogP contribution in [0.1, 0.15) is 5.56 Å². The number of phenols is 2. The van der Waals surface area contributed by atoms with Gasteiger partial charge in [0.1, 0.15) is 11.5 Å². The summed E-state index contributed by atoms with van der Waals surface area (Å²) in [6, 6.07) is 13.7. The number of para-hydroxylation sites is 1. The Labute approximate surface area is 94.8 Å². The van der Waals surface area contributed by atoms with Gasteiger partial charge in [-0.2, -0.15) is 0 Å². The van der Waals surface area contributed by atoms with Gasteiger partial charge >= 0.3 is 0 Å². The number of aryl methyl sites for hydroxylation is 1. The van der Waals surface area contributed by atoms with Crippen molar-refractivity contribution >= 4 is 5.69 Å². The first-order chi connectivity index (χ1) is 7.59. The van der Waals surface area contributed by atoms with Gasteiger partial charge in [-0.25, -0.2) is 0 Å². The van der Waals surface area contributed by atoms with Gasteiger partial charge < -0.3 is 15.9 Å². The molecule has 0 spiro atoms. The molecular formula is C13H15NO2. The van der Waals surface area contributed by atoms with Gasteiger partial charge in [-0.3, -0.25) is 0 Å². The number of nitrogen functional groups attached to an aromatic ring is 1. The lowest BCUT2D eigenvalue weighted by Crippen LogP contribution is -1.85. The van der Waals surface area contributed by atoms with Crippen LogP contribution in [0.4, 0.5) is 5.69 Å². The van der Waals surface area contributed by atoms with Crippen LogP contribution in [0.25, 0.3) is 0 Å². The molecule has 4 N–H and O–H groups in total. The summed E-state index contributed by atoms with van der Waals surface area (Å²) in [5, 5.41) is 17.3. The fourth-order valence-electron chi connectivity index (χ4n) is 1.08. The van der Waals surface area contributed by atoms with Crippen molar-refractivity contribution in [2.24, 2.45) is 0 Å². The molecular weight excluding hydrogens is 202 g/mol. The topological polar surface area (TPSA) is 66.5 Å². The van der Waals surface area contributed by atoms with Gasteiger partial charge in [0, 0.05) is 11.8 Å². The summed E-state index contributed by atoms with van der Waals surface area (Å²) >= 11 is 0. The van der Waals surface area contributed by atoms with E-state index in [-0.39, 0.29) is 11.5 Å². The summed E-state index contributed by atoms with van der Waals surface area (Å²) < 4.78 is 0. The maximum Gasteiger partial charge on any atom is 0.119 e. The van der Waals surface area contributed by atoms with Crippen LogP contribution in [0, 0.1) is 6.92 Å². The monoisotopic (exact) mass is 217 g/mol. The molecule has 0 atom stereocenters. The van der Waals surface area contributed by atoms with Crippen molar-refractivity contribution in [1.82, 2.24) is 0 Å². The molecule has 0 radical (unpaired) electrons. The molecule has 0 aromatic heterocycles. The number of hydrogen-bond acceptors (Lipinski definition) is 3. The maximum absolute atomic E-state index is 8.65. The van der Waals surface area contributed by atoms with Crippen LogP contribution in [0.2, 0.25) is 0 Å². The van der Waals surface area contributed by atoms with Gasteiger partial charge in [0.2, 0.25) is 0 Å². The minimum atomic E-state index is 0.0880. The number of aromatic hydroxyl groups is 2. The van der Waals surface area contributed by atoms with E-state index in [0.717, 1.165) is 11.3 Å². The number of rotatable bonds is 0. The Balaban J connectivity index is 0.000000160. The molecule has 0 aliphatic carbocycles. The Morgan fingerprint density at radius 1 is 0.875 bits per heavy atom. The van der Waals surface area contributed by atoms with E-state index >= 15 is 0 Å². The van der Waals surface area contributed by atoms with Crippen LogP contribution in [-0.4, -0.2) is 10.2 Å². The molecule has 0 aliphatic rings. The van der Waals surface area contributed by atoms with E-state index in [9.17, 15) is 0 Å². The molecule has 0 bridgehead atoms. The molecule has 2 rings (SSSR count). The Morgan fingerprint density at radius 3 is 1.75 bits per heavy atom. The SMILES string of the molecule is Cc1ccccc1N.Oc1cccc(O)c1. The molecule has 0 amide bonds. The zero-order valence-corrected chi connectivity index (χ0v) is 9.09. The third-order valence-electron chi connectivity index (χ3n) is 2.02. The van der Waals surface area contributed by atoms with Crippen molar-refractivity contribution in [3.05, 3.63) is 54.1 Å². The average molecular weight is 217 g/mol. The summed E-state index contributed by atoms with van der Waals surface area (Å²) in [5.41, 5.74) is 7.53. The second-order valence-electron chi connectivity index (χ2n) is 3.38. The Kier molecular flexibility index (Phi) is 4.21. The molecule has 3 heteroatoms. The van der Waals surface area contributed by atoms with Crippen LogP contribution in [0.3, 0.4) is 0 Å². The lowest BCUT2D eigenvalue weighted by molar-refractivity contribution is 0.450. The first kappa shape index (κ1) is 11.9. The molecule has 3 nitrogen and oxygen atoms in total. The standard InChI is InChI=1S/C7H9N.C6H6O2/c1-6-4-2-3-5-7(6)8;7-5-2-1-3-6(8)4-5/h2-5H,8H2,1H3;1-4,7-8H. The van der Waals surface area contributed by atoms with Gasteiger partial charge in [0.15, 0.2) is 0 Å². The zero-order valence-electron chi connectivity index (χ0n) is 9.09. The number of hydrogen-bond donors (Lipinski definition) is 3. The molecule has 0 fully saturated rings. The normalized spacial score (nSPS) is 9.06. The van der Waals surface area contributed by atoms with Gasteiger partial charge in [0.25, 0.3) is 0 Å². The van der Waals surface area contributed by atoms with E-state index < -0.39 is 0 Å². The van der Waals surface area contributed by atoms with Crippen LogP contribution in [0.15, 0.2) is 48.5 Å². The highest BCUT2D eigenvalue weighted by Crippen LogP contribution is 2.14. The number of nitrogens with two attached hydrogens (primary N) is 1. The van der Waals surface area contributed by atoms with E-state index in [4.69, 9.17) is 15.9 Å². The van der Waals surface area contributed by atoms with Crippen molar-refractivity contribution < 1.29 is 10.2 Å². The Bertz CT molecular complexity index is 417. The lowest BCUT2D eigenvalue weighted by atomic mass is 10.2. The minimum absolute atomic E-state index is 0.0880. The molecule has 2 aromatic rings. The van der Waals surface area contributed by atoms with Crippen molar-refractivity contribution in [2.45, 2.75) is 6.92 Å². The van der Waals surface area contributed by atoms with Crippen LogP contribution in [-0.2, 0) is 0 Å². The highest BCUT2D eigenvalue weighted by molar-refractivity contribution is 5.44. The van der Waals surface area contributed by atoms with E-state index in [1.165, 1.54) is 18.2 Å². The third kappa shape index (κ3) is 3.92. The predicted molar refractivity (Wildman–Crippen MR) is 65.4 cm³/mol. The van der Waals surface area contributed by atoms with Gasteiger partial charge in [0.05, 0.1) is 0 Å². The zero-order chi connectivity index (χ0) is 12.0. The van der Waals surface area contributed by atoms with Gasteiger partial charge in [-0.1, -0.05) is 24.3 Å². The van der Waals surface area contributed by atoms with E-state index in [2.05, 4.69) is 0 Å². The van der Waals surface area contributed by atoms with Crippen LogP contribution < -0.4 is 5.73 Å². The Hall–Kier alpha value is -2.16. The third-order valence-corrected chi connectivity index (χ3v) is 2.02. The maximum atomic E-state index is 8.65. The first-order valence-electron chi connectivity index (χ1n) is 4.88. The number of anilines is 1. The van der Waals surface area contributed by atoms with Crippen molar-refractivity contribution in [3.8, 4) is 11.5 Å². The van der Waals surface area contributed by atoms with Crippen LogP contribution in [0.5, 0.6) is 11.5 Å². The Morgan fingerprint density at radius 2 is 1.44 bits per heavy atom. The lowest BCUT2D eigenvalue weighted by Gasteiger charge is -1.93. The highest BCUT2D eigenvalue weighted by atomic mass is 16.3. The summed E-state index contributed by atoms with van der Waals surface area (Å²) in [7, 11) is 0. The highest BCUT2D eigenvalue weighted by Gasteiger charge is 1.85.